The Kier molecular flexibility index (Phi) is 3.20. The number of esters is 1. The lowest BCUT2D eigenvalue weighted by molar-refractivity contribution is -0.201. The predicted molar refractivity (Wildman–Crippen MR) is 77.2 cm³/mol. The molecule has 0 aromatic carbocycles. The molecule has 4 rings (SSSR count). The smallest absolute Gasteiger partial charge is 0.302 e. The van der Waals surface area contributed by atoms with Gasteiger partial charge in [-0.3, -0.25) is 4.79 Å². The Balaban J connectivity index is 1.88. The number of carbonyl (C=O) groups excluding carboxylic acids is 1. The number of fused-ring (bicyclic) bond motifs is 2. The van der Waals surface area contributed by atoms with Gasteiger partial charge in [0.05, 0.1) is 11.2 Å². The molecule has 114 valence electrons. The highest BCUT2D eigenvalue weighted by Crippen LogP contribution is 2.58. The maximum atomic E-state index is 11.3. The molecule has 0 radical (unpaired) electrons. The van der Waals surface area contributed by atoms with Crippen LogP contribution in [0.4, 0.5) is 0 Å². The molecule has 20 heavy (non-hydrogen) atoms. The van der Waals surface area contributed by atoms with Gasteiger partial charge in [0.15, 0.2) is 0 Å². The number of carbonyl (C=O) groups is 1. The molecular formula is C17H28O3. The minimum absolute atomic E-state index is 0.00596. The van der Waals surface area contributed by atoms with Crippen LogP contribution in [0.15, 0.2) is 0 Å². The number of ether oxygens (including phenoxy) is 2. The van der Waals surface area contributed by atoms with Crippen LogP contribution in [-0.2, 0) is 14.3 Å². The topological polar surface area (TPSA) is 35.5 Å². The molecule has 3 nitrogen and oxygen atoms in total. The van der Waals surface area contributed by atoms with Gasteiger partial charge in [-0.2, -0.15) is 0 Å². The zero-order valence-corrected chi connectivity index (χ0v) is 13.4. The molecule has 0 N–H and O–H groups in total. The summed E-state index contributed by atoms with van der Waals surface area (Å²) in [5.41, 5.74) is -0.0433. The Morgan fingerprint density at radius 1 is 1.25 bits per heavy atom. The number of rotatable bonds is 1. The molecule has 0 aromatic rings. The fourth-order valence-electron chi connectivity index (χ4n) is 5.27. The molecule has 6 atom stereocenters. The molecule has 2 heterocycles. The molecule has 2 saturated heterocycles. The van der Waals surface area contributed by atoms with E-state index in [1.165, 1.54) is 19.8 Å². The van der Waals surface area contributed by atoms with Crippen molar-refractivity contribution in [2.75, 3.05) is 0 Å². The van der Waals surface area contributed by atoms with Crippen molar-refractivity contribution in [1.29, 1.82) is 0 Å². The second-order valence-electron chi connectivity index (χ2n) is 8.00. The highest BCUT2D eigenvalue weighted by atomic mass is 16.5. The van der Waals surface area contributed by atoms with Gasteiger partial charge in [-0.05, 0) is 70.1 Å². The lowest BCUT2D eigenvalue weighted by Crippen LogP contribution is -2.49. The Bertz CT molecular complexity index is 416. The van der Waals surface area contributed by atoms with E-state index in [1.807, 2.05) is 0 Å². The molecule has 3 heteroatoms. The maximum Gasteiger partial charge on any atom is 0.302 e. The van der Waals surface area contributed by atoms with E-state index in [1.54, 1.807) is 0 Å². The third-order valence-electron chi connectivity index (χ3n) is 6.39. The first-order valence-corrected chi connectivity index (χ1v) is 8.10. The minimum Gasteiger partial charge on any atom is -0.462 e. The molecule has 0 spiro atoms. The monoisotopic (exact) mass is 280 g/mol. The Labute approximate surface area is 122 Å². The van der Waals surface area contributed by atoms with Crippen molar-refractivity contribution < 1.29 is 14.3 Å². The molecule has 0 aromatic heterocycles. The van der Waals surface area contributed by atoms with Gasteiger partial charge in [-0.15, -0.1) is 0 Å². The Hall–Kier alpha value is -0.570. The van der Waals surface area contributed by atoms with E-state index in [9.17, 15) is 4.79 Å². The first-order valence-electron chi connectivity index (χ1n) is 8.10. The third-order valence-corrected chi connectivity index (χ3v) is 6.39. The van der Waals surface area contributed by atoms with Crippen molar-refractivity contribution in [1.82, 2.24) is 0 Å². The van der Waals surface area contributed by atoms with Crippen molar-refractivity contribution in [3.8, 4) is 0 Å². The van der Waals surface area contributed by atoms with Gasteiger partial charge in [0.1, 0.15) is 6.10 Å². The summed E-state index contributed by atoms with van der Waals surface area (Å²) in [6.45, 7) is 10.6. The highest BCUT2D eigenvalue weighted by Gasteiger charge is 2.59. The van der Waals surface area contributed by atoms with Gasteiger partial charge in [0.25, 0.3) is 0 Å². The van der Waals surface area contributed by atoms with Crippen LogP contribution in [0.3, 0.4) is 0 Å². The largest absolute Gasteiger partial charge is 0.462 e. The molecule has 2 aliphatic carbocycles. The second kappa shape index (κ2) is 4.46. The van der Waals surface area contributed by atoms with Crippen LogP contribution in [0.5, 0.6) is 0 Å². The fraction of sp³-hybridized carbons (Fsp3) is 0.941. The van der Waals surface area contributed by atoms with Gasteiger partial charge in [-0.1, -0.05) is 6.92 Å². The average Bonchev–Trinajstić information content (AvgIpc) is 2.49. The summed E-state index contributed by atoms with van der Waals surface area (Å²) in [5, 5.41) is 0. The minimum atomic E-state index is -0.144. The van der Waals surface area contributed by atoms with E-state index in [2.05, 4.69) is 27.7 Å². The van der Waals surface area contributed by atoms with Crippen molar-refractivity contribution in [2.45, 2.75) is 77.6 Å². The van der Waals surface area contributed by atoms with Crippen molar-refractivity contribution in [3.05, 3.63) is 0 Å². The fourth-order valence-corrected chi connectivity index (χ4v) is 5.27. The van der Waals surface area contributed by atoms with E-state index < -0.39 is 0 Å². The summed E-state index contributed by atoms with van der Waals surface area (Å²) in [5.74, 6) is 2.13. The van der Waals surface area contributed by atoms with E-state index >= 15 is 0 Å². The summed E-state index contributed by atoms with van der Waals surface area (Å²) < 4.78 is 12.1. The van der Waals surface area contributed by atoms with Crippen molar-refractivity contribution >= 4 is 5.97 Å². The normalized spacial score (nSPS) is 49.5. The van der Waals surface area contributed by atoms with Crippen molar-refractivity contribution in [3.63, 3.8) is 0 Å². The SMILES string of the molecule is CC(=O)O[C@H]1C[C@@H]2[C@H](C[C@@H]3CC[C@@]2(C)OC3(C)C)[C@@H]1C. The summed E-state index contributed by atoms with van der Waals surface area (Å²) in [6, 6.07) is 0. The van der Waals surface area contributed by atoms with Crippen LogP contribution in [0.25, 0.3) is 0 Å². The van der Waals surface area contributed by atoms with Gasteiger partial charge in [-0.25, -0.2) is 0 Å². The summed E-state index contributed by atoms with van der Waals surface area (Å²) in [7, 11) is 0. The first-order chi connectivity index (χ1) is 9.23. The Morgan fingerprint density at radius 2 is 1.95 bits per heavy atom. The molecule has 2 saturated carbocycles. The van der Waals surface area contributed by atoms with Crippen LogP contribution in [0, 0.1) is 23.7 Å². The van der Waals surface area contributed by atoms with E-state index in [-0.39, 0.29) is 23.3 Å². The maximum absolute atomic E-state index is 11.3. The summed E-state index contributed by atoms with van der Waals surface area (Å²) >= 11 is 0. The zero-order chi connectivity index (χ0) is 14.7. The molecule has 2 bridgehead atoms. The molecular weight excluding hydrogens is 252 g/mol. The average molecular weight is 280 g/mol. The van der Waals surface area contributed by atoms with Gasteiger partial charge in [0, 0.05) is 6.92 Å². The number of hydrogen-bond donors (Lipinski definition) is 0. The molecule has 0 amide bonds. The summed E-state index contributed by atoms with van der Waals surface area (Å²) in [6.07, 6.45) is 4.73. The predicted octanol–water partition coefficient (Wildman–Crippen LogP) is 3.56. The molecule has 4 fully saturated rings. The first kappa shape index (κ1) is 14.4. The second-order valence-corrected chi connectivity index (χ2v) is 8.00. The highest BCUT2D eigenvalue weighted by molar-refractivity contribution is 5.66. The summed E-state index contributed by atoms with van der Waals surface area (Å²) in [4.78, 5) is 11.3. The lowest BCUT2D eigenvalue weighted by atomic mass is 9.78. The van der Waals surface area contributed by atoms with Crippen molar-refractivity contribution in [2.24, 2.45) is 23.7 Å². The van der Waals surface area contributed by atoms with Gasteiger partial charge >= 0.3 is 5.97 Å². The third kappa shape index (κ3) is 2.09. The lowest BCUT2D eigenvalue weighted by Gasteiger charge is -2.47. The van der Waals surface area contributed by atoms with Crippen LogP contribution in [0.2, 0.25) is 0 Å². The van der Waals surface area contributed by atoms with Gasteiger partial charge < -0.3 is 9.47 Å². The van der Waals surface area contributed by atoms with E-state index in [0.29, 0.717) is 23.7 Å². The van der Waals surface area contributed by atoms with Crippen LogP contribution in [0.1, 0.15) is 60.3 Å². The van der Waals surface area contributed by atoms with E-state index in [4.69, 9.17) is 9.47 Å². The number of hydrogen-bond acceptors (Lipinski definition) is 3. The standard InChI is InChI=1S/C17H28O3/c1-10-13-8-12-6-7-17(5,20-16(12,3)4)14(13)9-15(10)19-11(2)18/h10,12-15H,6-9H2,1-5H3/t10-,12-,13+,14+,15-,17+/m0/s1. The zero-order valence-electron chi connectivity index (χ0n) is 13.4. The van der Waals surface area contributed by atoms with E-state index in [0.717, 1.165) is 12.8 Å². The quantitative estimate of drug-likeness (QED) is 0.689. The molecule has 2 aliphatic heterocycles. The van der Waals surface area contributed by atoms with Crippen LogP contribution in [-0.4, -0.2) is 23.3 Å². The molecule has 0 unspecified atom stereocenters. The van der Waals surface area contributed by atoms with Gasteiger partial charge in [0.2, 0.25) is 0 Å². The van der Waals surface area contributed by atoms with Crippen LogP contribution >= 0.6 is 0 Å². The van der Waals surface area contributed by atoms with Crippen LogP contribution < -0.4 is 0 Å². The molecule has 4 aliphatic rings. The Morgan fingerprint density at radius 3 is 2.55 bits per heavy atom.